The molecule has 2 aromatic carbocycles. The van der Waals surface area contributed by atoms with Gasteiger partial charge in [0.25, 0.3) is 0 Å². The van der Waals surface area contributed by atoms with Gasteiger partial charge in [-0.05, 0) is 81.3 Å². The molecular weight excluding hydrogens is 454 g/mol. The van der Waals surface area contributed by atoms with Crippen molar-refractivity contribution in [3.63, 3.8) is 0 Å². The van der Waals surface area contributed by atoms with Crippen LogP contribution in [-0.4, -0.2) is 62.5 Å². The summed E-state index contributed by atoms with van der Waals surface area (Å²) in [7, 11) is 4.21. The number of thiocarbonyl (C=S) groups is 1. The van der Waals surface area contributed by atoms with Gasteiger partial charge in [0.1, 0.15) is 11.6 Å². The van der Waals surface area contributed by atoms with Crippen molar-refractivity contribution in [3.8, 4) is 0 Å². The molecule has 2 fully saturated rings. The maximum atomic E-state index is 15.3. The van der Waals surface area contributed by atoms with Gasteiger partial charge in [0.05, 0.1) is 17.6 Å². The van der Waals surface area contributed by atoms with Crippen molar-refractivity contribution in [2.75, 3.05) is 50.1 Å². The smallest absolute Gasteiger partial charge is 0.184 e. The van der Waals surface area contributed by atoms with Gasteiger partial charge >= 0.3 is 0 Å². The van der Waals surface area contributed by atoms with E-state index in [-0.39, 0.29) is 16.7 Å². The lowest BCUT2D eigenvalue weighted by Gasteiger charge is -2.38. The van der Waals surface area contributed by atoms with Crippen molar-refractivity contribution in [3.05, 3.63) is 59.2 Å². The van der Waals surface area contributed by atoms with Crippen LogP contribution in [0, 0.1) is 11.6 Å². The summed E-state index contributed by atoms with van der Waals surface area (Å²) in [6, 6.07) is 10.8. The van der Waals surface area contributed by atoms with Gasteiger partial charge in [-0.2, -0.15) is 5.10 Å². The average molecular weight is 487 g/mol. The van der Waals surface area contributed by atoms with Gasteiger partial charge in [-0.1, -0.05) is 12.1 Å². The Labute approximate surface area is 205 Å². The van der Waals surface area contributed by atoms with E-state index in [4.69, 9.17) is 18.0 Å². The number of nitrogens with one attached hydrogen (secondary N) is 1. The zero-order valence-electron chi connectivity index (χ0n) is 19.7. The summed E-state index contributed by atoms with van der Waals surface area (Å²) < 4.78 is 29.5. The molecule has 2 aromatic rings. The van der Waals surface area contributed by atoms with Crippen molar-refractivity contribution in [1.82, 2.24) is 10.3 Å². The maximum absolute atomic E-state index is 15.3. The highest BCUT2D eigenvalue weighted by atomic mass is 32.1. The lowest BCUT2D eigenvalue weighted by atomic mass is 9.92. The summed E-state index contributed by atoms with van der Waals surface area (Å²) >= 11 is 4.82. The number of halogens is 2. The molecule has 1 saturated carbocycles. The normalized spacial score (nSPS) is 21.0. The molecule has 1 heterocycles. The zero-order chi connectivity index (χ0) is 24.2. The number of hydrogen-bond acceptors (Lipinski definition) is 5. The minimum absolute atomic E-state index is 0.0659. The Balaban J connectivity index is 1.57. The zero-order valence-corrected chi connectivity index (χ0v) is 20.5. The second-order valence-corrected chi connectivity index (χ2v) is 9.66. The van der Waals surface area contributed by atoms with Crippen LogP contribution in [0.15, 0.2) is 41.5 Å². The van der Waals surface area contributed by atoms with E-state index in [1.807, 2.05) is 17.0 Å². The van der Waals surface area contributed by atoms with Crippen LogP contribution in [0.1, 0.15) is 36.3 Å². The predicted molar refractivity (Wildman–Crippen MR) is 139 cm³/mol. The largest absolute Gasteiger partial charge is 0.375 e. The fourth-order valence-electron chi connectivity index (χ4n) is 5.07. The highest BCUT2D eigenvalue weighted by Gasteiger charge is 2.30. The van der Waals surface area contributed by atoms with Crippen LogP contribution in [-0.2, 0) is 0 Å². The van der Waals surface area contributed by atoms with E-state index in [2.05, 4.69) is 34.4 Å². The molecule has 182 valence electrons. The summed E-state index contributed by atoms with van der Waals surface area (Å²) in [4.78, 5) is 6.34. The van der Waals surface area contributed by atoms with Crippen LogP contribution in [0.2, 0.25) is 0 Å². The molecule has 0 radical (unpaired) electrons. The third-order valence-corrected chi connectivity index (χ3v) is 7.01. The van der Waals surface area contributed by atoms with E-state index in [1.54, 1.807) is 24.4 Å². The Morgan fingerprint density at radius 1 is 1.06 bits per heavy atom. The van der Waals surface area contributed by atoms with Gasteiger partial charge in [-0.3, -0.25) is 5.43 Å². The minimum atomic E-state index is -0.290. The number of anilines is 2. The minimum Gasteiger partial charge on any atom is -0.375 e. The number of hydrogen-bond donors (Lipinski definition) is 2. The number of nitrogens with two attached hydrogens (primary N) is 1. The molecular formula is C25H32F2N6S. The molecule has 1 aliphatic heterocycles. The summed E-state index contributed by atoms with van der Waals surface area (Å²) in [5.74, 6) is -0.199. The third-order valence-electron chi connectivity index (χ3n) is 6.92. The van der Waals surface area contributed by atoms with Crippen LogP contribution < -0.4 is 21.0 Å². The standard InChI is InChI=1S/C25H32F2N6S/c1-31(2)19-8-7-17(13-19)20-15-24(22(27)14-18(20)16-29-30-25(28)34)33-11-9-32(10-12-33)23-6-4-3-5-21(23)26/h3-6,14-17,19H,7-13H2,1-2H3,(H3,28,30,34)/t17?,19-/m1/s1. The summed E-state index contributed by atoms with van der Waals surface area (Å²) in [5, 5.41) is 4.15. The van der Waals surface area contributed by atoms with Crippen molar-refractivity contribution in [2.24, 2.45) is 10.8 Å². The van der Waals surface area contributed by atoms with Crippen molar-refractivity contribution >= 4 is 34.9 Å². The second kappa shape index (κ2) is 10.7. The highest BCUT2D eigenvalue weighted by molar-refractivity contribution is 7.80. The second-order valence-electron chi connectivity index (χ2n) is 9.22. The van der Waals surface area contributed by atoms with E-state index < -0.39 is 0 Å². The van der Waals surface area contributed by atoms with Crippen LogP contribution in [0.5, 0.6) is 0 Å². The number of piperazine rings is 1. The molecule has 2 aliphatic rings. The van der Waals surface area contributed by atoms with E-state index >= 15 is 4.39 Å². The van der Waals surface area contributed by atoms with Gasteiger partial charge in [0, 0.05) is 37.8 Å². The first-order valence-corrected chi connectivity index (χ1v) is 12.1. The van der Waals surface area contributed by atoms with Crippen LogP contribution >= 0.6 is 12.2 Å². The Kier molecular flexibility index (Phi) is 7.63. The molecule has 0 spiro atoms. The molecule has 6 nitrogen and oxygen atoms in total. The molecule has 3 N–H and O–H groups in total. The Hall–Kier alpha value is -2.78. The van der Waals surface area contributed by atoms with Crippen LogP contribution in [0.25, 0.3) is 0 Å². The molecule has 2 atom stereocenters. The molecule has 34 heavy (non-hydrogen) atoms. The quantitative estimate of drug-likeness (QED) is 0.369. The van der Waals surface area contributed by atoms with Gasteiger partial charge in [-0.25, -0.2) is 8.78 Å². The Morgan fingerprint density at radius 3 is 2.35 bits per heavy atom. The number of para-hydroxylation sites is 1. The van der Waals surface area contributed by atoms with E-state index in [9.17, 15) is 4.39 Å². The summed E-state index contributed by atoms with van der Waals surface area (Å²) in [5.41, 5.74) is 11.1. The van der Waals surface area contributed by atoms with Crippen molar-refractivity contribution in [2.45, 2.75) is 31.2 Å². The first kappa shape index (κ1) is 24.3. The fraction of sp³-hybridized carbons (Fsp3) is 0.440. The van der Waals surface area contributed by atoms with E-state index in [0.717, 1.165) is 30.4 Å². The first-order valence-electron chi connectivity index (χ1n) is 11.7. The SMILES string of the molecule is CN(C)[C@@H]1CCC(c2cc(N3CCN(c4ccccc4F)CC3)c(F)cc2C=NNC(N)=S)C1. The third kappa shape index (κ3) is 5.47. The summed E-state index contributed by atoms with van der Waals surface area (Å²) in [6.45, 7) is 2.49. The topological polar surface area (TPSA) is 60.1 Å². The summed E-state index contributed by atoms with van der Waals surface area (Å²) in [6.07, 6.45) is 4.76. The number of rotatable bonds is 6. The van der Waals surface area contributed by atoms with Crippen LogP contribution in [0.3, 0.4) is 0 Å². The van der Waals surface area contributed by atoms with E-state index in [1.165, 1.54) is 6.07 Å². The molecule has 0 amide bonds. The monoisotopic (exact) mass is 486 g/mol. The maximum Gasteiger partial charge on any atom is 0.184 e. The molecule has 1 unspecified atom stereocenters. The predicted octanol–water partition coefficient (Wildman–Crippen LogP) is 3.66. The molecule has 1 aliphatic carbocycles. The molecule has 0 bridgehead atoms. The molecule has 9 heteroatoms. The van der Waals surface area contributed by atoms with Crippen molar-refractivity contribution < 1.29 is 8.78 Å². The number of hydrazone groups is 1. The van der Waals surface area contributed by atoms with Crippen LogP contribution in [0.4, 0.5) is 20.2 Å². The molecule has 1 saturated heterocycles. The number of benzene rings is 2. The van der Waals surface area contributed by atoms with Gasteiger partial charge in [0.2, 0.25) is 0 Å². The Bertz CT molecular complexity index is 1050. The highest BCUT2D eigenvalue weighted by Crippen LogP contribution is 2.40. The van der Waals surface area contributed by atoms with Gasteiger partial charge in [-0.15, -0.1) is 0 Å². The molecule has 4 rings (SSSR count). The fourth-order valence-corrected chi connectivity index (χ4v) is 5.12. The lowest BCUT2D eigenvalue weighted by molar-refractivity contribution is 0.296. The number of nitrogens with zero attached hydrogens (tertiary/aromatic N) is 4. The van der Waals surface area contributed by atoms with Crippen molar-refractivity contribution in [1.29, 1.82) is 0 Å². The Morgan fingerprint density at radius 2 is 1.74 bits per heavy atom. The first-order chi connectivity index (χ1) is 16.3. The van der Waals surface area contributed by atoms with Gasteiger partial charge < -0.3 is 20.4 Å². The average Bonchev–Trinajstić information content (AvgIpc) is 3.30. The lowest BCUT2D eigenvalue weighted by Crippen LogP contribution is -2.47. The molecule has 0 aromatic heterocycles. The van der Waals surface area contributed by atoms with E-state index in [0.29, 0.717) is 49.5 Å². The van der Waals surface area contributed by atoms with Gasteiger partial charge in [0.15, 0.2) is 5.11 Å².